The predicted molar refractivity (Wildman–Crippen MR) is 112 cm³/mol. The Labute approximate surface area is 165 Å². The molecule has 1 heterocycles. The number of carbonyl (C=O) groups is 2. The van der Waals surface area contributed by atoms with E-state index in [-0.39, 0.29) is 11.7 Å². The number of anilines is 3. The Bertz CT molecular complexity index is 997. The van der Waals surface area contributed by atoms with Crippen molar-refractivity contribution >= 4 is 28.8 Å². The highest BCUT2D eigenvalue weighted by atomic mass is 16.2. The molecule has 1 aromatic heterocycles. The molecule has 0 spiro atoms. The first-order valence-electron chi connectivity index (χ1n) is 9.20. The number of ketones is 1. The van der Waals surface area contributed by atoms with E-state index < -0.39 is 0 Å². The lowest BCUT2D eigenvalue weighted by Crippen LogP contribution is -2.31. The number of nitrogens with zero attached hydrogens (tertiary/aromatic N) is 2. The van der Waals surface area contributed by atoms with Crippen LogP contribution in [0.25, 0.3) is 0 Å². The fourth-order valence-electron chi connectivity index (χ4n) is 2.96. The third-order valence-corrected chi connectivity index (χ3v) is 4.43. The van der Waals surface area contributed by atoms with E-state index in [0.29, 0.717) is 17.8 Å². The molecule has 0 unspecified atom stereocenters. The predicted octanol–water partition coefficient (Wildman–Crippen LogP) is 5.00. The van der Waals surface area contributed by atoms with Crippen LogP contribution in [-0.2, 0) is 0 Å². The van der Waals surface area contributed by atoms with Crippen LogP contribution in [-0.4, -0.2) is 23.2 Å². The number of amides is 1. The number of nitrogens with one attached hydrogen (secondary N) is 1. The van der Waals surface area contributed by atoms with E-state index in [9.17, 15) is 9.59 Å². The standard InChI is InChI=1S/C23H23N3O2/c1-4-26(21-7-5-6-16(2)14-21)23(28)22-15-20(12-13-24-22)25-19-10-8-18(9-11-19)17(3)27/h5-15H,4H2,1-3H3,(H,24,25). The number of hydrogen-bond donors (Lipinski definition) is 1. The number of carbonyl (C=O) groups excluding carboxylic acids is 2. The van der Waals surface area contributed by atoms with E-state index in [2.05, 4.69) is 10.3 Å². The Morgan fingerprint density at radius 1 is 1.00 bits per heavy atom. The van der Waals surface area contributed by atoms with Gasteiger partial charge in [-0.15, -0.1) is 0 Å². The van der Waals surface area contributed by atoms with Gasteiger partial charge in [-0.05, 0) is 74.9 Å². The summed E-state index contributed by atoms with van der Waals surface area (Å²) in [7, 11) is 0. The first-order valence-corrected chi connectivity index (χ1v) is 9.20. The van der Waals surface area contributed by atoms with Gasteiger partial charge in [0, 0.05) is 35.4 Å². The van der Waals surface area contributed by atoms with Crippen molar-refractivity contribution in [2.75, 3.05) is 16.8 Å². The Kier molecular flexibility index (Phi) is 5.84. The third-order valence-electron chi connectivity index (χ3n) is 4.43. The van der Waals surface area contributed by atoms with Crippen molar-refractivity contribution < 1.29 is 9.59 Å². The van der Waals surface area contributed by atoms with Crippen molar-refractivity contribution in [3.05, 3.63) is 83.7 Å². The van der Waals surface area contributed by atoms with Crippen LogP contribution >= 0.6 is 0 Å². The Balaban J connectivity index is 1.81. The second kappa shape index (κ2) is 8.48. The minimum Gasteiger partial charge on any atom is -0.355 e. The Morgan fingerprint density at radius 3 is 2.39 bits per heavy atom. The van der Waals surface area contributed by atoms with Gasteiger partial charge in [-0.2, -0.15) is 0 Å². The van der Waals surface area contributed by atoms with Gasteiger partial charge in [-0.3, -0.25) is 14.6 Å². The molecule has 3 aromatic rings. The molecular formula is C23H23N3O2. The third kappa shape index (κ3) is 4.43. The number of pyridine rings is 1. The molecule has 2 aromatic carbocycles. The van der Waals surface area contributed by atoms with Crippen LogP contribution in [0.2, 0.25) is 0 Å². The molecule has 0 aliphatic heterocycles. The topological polar surface area (TPSA) is 62.3 Å². The van der Waals surface area contributed by atoms with E-state index in [0.717, 1.165) is 22.6 Å². The minimum atomic E-state index is -0.149. The van der Waals surface area contributed by atoms with E-state index in [1.807, 2.05) is 50.2 Å². The summed E-state index contributed by atoms with van der Waals surface area (Å²) in [5, 5.41) is 3.25. The molecule has 0 bridgehead atoms. The van der Waals surface area contributed by atoms with Gasteiger partial charge in [0.15, 0.2) is 5.78 Å². The van der Waals surface area contributed by atoms with Crippen LogP contribution in [0.15, 0.2) is 66.9 Å². The summed E-state index contributed by atoms with van der Waals surface area (Å²) in [6.45, 7) is 6.03. The summed E-state index contributed by atoms with van der Waals surface area (Å²) in [5.74, 6) is -0.122. The van der Waals surface area contributed by atoms with E-state index in [1.165, 1.54) is 6.92 Å². The lowest BCUT2D eigenvalue weighted by atomic mass is 10.1. The summed E-state index contributed by atoms with van der Waals surface area (Å²) >= 11 is 0. The van der Waals surface area contributed by atoms with Gasteiger partial charge in [0.1, 0.15) is 5.69 Å². The molecular weight excluding hydrogens is 350 g/mol. The zero-order chi connectivity index (χ0) is 20.1. The molecule has 5 heteroatoms. The first kappa shape index (κ1) is 19.3. The molecule has 0 radical (unpaired) electrons. The maximum Gasteiger partial charge on any atom is 0.276 e. The molecule has 0 saturated carbocycles. The SMILES string of the molecule is CCN(C(=O)c1cc(Nc2ccc(C(C)=O)cc2)ccn1)c1cccc(C)c1. The maximum atomic E-state index is 13.0. The molecule has 0 aliphatic rings. The molecule has 0 aliphatic carbocycles. The second-order valence-corrected chi connectivity index (χ2v) is 6.58. The highest BCUT2D eigenvalue weighted by Crippen LogP contribution is 2.21. The van der Waals surface area contributed by atoms with Crippen LogP contribution in [0, 0.1) is 6.92 Å². The van der Waals surface area contributed by atoms with Crippen molar-refractivity contribution in [2.24, 2.45) is 0 Å². The molecule has 5 nitrogen and oxygen atoms in total. The summed E-state index contributed by atoms with van der Waals surface area (Å²) in [6, 6.07) is 18.6. The van der Waals surface area contributed by atoms with Gasteiger partial charge in [0.2, 0.25) is 0 Å². The molecule has 28 heavy (non-hydrogen) atoms. The van der Waals surface area contributed by atoms with E-state index >= 15 is 0 Å². The number of rotatable bonds is 6. The van der Waals surface area contributed by atoms with Crippen molar-refractivity contribution in [1.29, 1.82) is 0 Å². The number of Topliss-reactive ketones (excluding diaryl/α,β-unsaturated/α-hetero) is 1. The Hall–Kier alpha value is -3.47. The van der Waals surface area contributed by atoms with Crippen molar-refractivity contribution in [3.63, 3.8) is 0 Å². The first-order chi connectivity index (χ1) is 13.5. The lowest BCUT2D eigenvalue weighted by molar-refractivity contribution is 0.0981. The number of benzene rings is 2. The van der Waals surface area contributed by atoms with Crippen LogP contribution in [0.4, 0.5) is 17.1 Å². The number of aromatic nitrogens is 1. The largest absolute Gasteiger partial charge is 0.355 e. The average Bonchev–Trinajstić information content (AvgIpc) is 2.69. The highest BCUT2D eigenvalue weighted by molar-refractivity contribution is 6.05. The molecule has 0 saturated heterocycles. The van der Waals surface area contributed by atoms with Gasteiger partial charge < -0.3 is 10.2 Å². The smallest absolute Gasteiger partial charge is 0.276 e. The quantitative estimate of drug-likeness (QED) is 0.618. The monoisotopic (exact) mass is 373 g/mol. The van der Waals surface area contributed by atoms with Crippen LogP contribution in [0.3, 0.4) is 0 Å². The van der Waals surface area contributed by atoms with Gasteiger partial charge in [-0.25, -0.2) is 0 Å². The maximum absolute atomic E-state index is 13.0. The number of hydrogen-bond acceptors (Lipinski definition) is 4. The number of aryl methyl sites for hydroxylation is 1. The van der Waals surface area contributed by atoms with Crippen LogP contribution < -0.4 is 10.2 Å². The highest BCUT2D eigenvalue weighted by Gasteiger charge is 2.18. The van der Waals surface area contributed by atoms with Gasteiger partial charge >= 0.3 is 0 Å². The van der Waals surface area contributed by atoms with Gasteiger partial charge in [0.25, 0.3) is 5.91 Å². The van der Waals surface area contributed by atoms with E-state index in [4.69, 9.17) is 0 Å². The zero-order valence-electron chi connectivity index (χ0n) is 16.3. The fourth-order valence-corrected chi connectivity index (χ4v) is 2.96. The molecule has 0 fully saturated rings. The average molecular weight is 373 g/mol. The van der Waals surface area contributed by atoms with Crippen LogP contribution in [0.1, 0.15) is 40.3 Å². The lowest BCUT2D eigenvalue weighted by Gasteiger charge is -2.21. The summed E-state index contributed by atoms with van der Waals surface area (Å²) < 4.78 is 0. The molecule has 142 valence electrons. The van der Waals surface area contributed by atoms with Crippen molar-refractivity contribution in [1.82, 2.24) is 4.98 Å². The van der Waals surface area contributed by atoms with E-state index in [1.54, 1.807) is 35.4 Å². The Morgan fingerprint density at radius 2 is 1.75 bits per heavy atom. The van der Waals surface area contributed by atoms with Crippen molar-refractivity contribution in [2.45, 2.75) is 20.8 Å². The van der Waals surface area contributed by atoms with Gasteiger partial charge in [0.05, 0.1) is 0 Å². The summed E-state index contributed by atoms with van der Waals surface area (Å²) in [6.07, 6.45) is 1.61. The summed E-state index contributed by atoms with van der Waals surface area (Å²) in [5.41, 5.74) is 4.57. The fraction of sp³-hybridized carbons (Fsp3) is 0.174. The van der Waals surface area contributed by atoms with Gasteiger partial charge in [-0.1, -0.05) is 12.1 Å². The second-order valence-electron chi connectivity index (χ2n) is 6.58. The van der Waals surface area contributed by atoms with Crippen LogP contribution in [0.5, 0.6) is 0 Å². The molecule has 3 rings (SSSR count). The normalized spacial score (nSPS) is 10.4. The molecule has 1 amide bonds. The molecule has 0 atom stereocenters. The van der Waals surface area contributed by atoms with Crippen molar-refractivity contribution in [3.8, 4) is 0 Å². The summed E-state index contributed by atoms with van der Waals surface area (Å²) in [4.78, 5) is 30.4. The minimum absolute atomic E-state index is 0.0270. The molecule has 1 N–H and O–H groups in total. The zero-order valence-corrected chi connectivity index (χ0v) is 16.3.